The van der Waals surface area contributed by atoms with Gasteiger partial charge in [-0.1, -0.05) is 30.3 Å². The van der Waals surface area contributed by atoms with E-state index in [4.69, 9.17) is 20.9 Å². The van der Waals surface area contributed by atoms with E-state index >= 15 is 0 Å². The summed E-state index contributed by atoms with van der Waals surface area (Å²) >= 11 is 0. The van der Waals surface area contributed by atoms with Crippen molar-refractivity contribution < 1.29 is 4.74 Å². The fourth-order valence-corrected chi connectivity index (χ4v) is 6.07. The Morgan fingerprint density at radius 3 is 2.52 bits per heavy atom. The quantitative estimate of drug-likeness (QED) is 0.708. The highest BCUT2D eigenvalue weighted by molar-refractivity contribution is 5.60. The van der Waals surface area contributed by atoms with E-state index in [9.17, 15) is 0 Å². The highest BCUT2D eigenvalue weighted by Crippen LogP contribution is 2.55. The van der Waals surface area contributed by atoms with E-state index in [2.05, 4.69) is 52.0 Å². The summed E-state index contributed by atoms with van der Waals surface area (Å²) < 4.78 is 7.97. The van der Waals surface area contributed by atoms with Gasteiger partial charge in [0.25, 0.3) is 0 Å². The standard InChI is InChI=1S/C24H32N6O/c1-16-19(25)23(15-31-16)9-12-29(13-10-23)21-18(20(26)30-14-11-27-22(30)28-21)24(7-8-24)17-5-3-2-4-6-17/h2-6,16,19,26H,7-15,25H2,1H3,(H,27,28)/t16-,19+/m0/s1. The Hall–Kier alpha value is -2.38. The van der Waals surface area contributed by atoms with E-state index in [1.165, 1.54) is 5.56 Å². The van der Waals surface area contributed by atoms with Crippen LogP contribution in [0.1, 0.15) is 43.7 Å². The minimum atomic E-state index is -0.0815. The van der Waals surface area contributed by atoms with Gasteiger partial charge in [0.1, 0.15) is 11.3 Å². The number of piperidine rings is 1. The van der Waals surface area contributed by atoms with E-state index in [1.54, 1.807) is 0 Å². The van der Waals surface area contributed by atoms with Crippen LogP contribution in [-0.2, 0) is 16.7 Å². The Balaban J connectivity index is 1.41. The molecule has 1 saturated carbocycles. The maximum absolute atomic E-state index is 9.17. The zero-order chi connectivity index (χ0) is 21.2. The first-order valence-corrected chi connectivity index (χ1v) is 11.7. The second-order valence-corrected chi connectivity index (χ2v) is 9.90. The van der Waals surface area contributed by atoms with Crippen LogP contribution in [0.15, 0.2) is 30.3 Å². The van der Waals surface area contributed by atoms with Crippen LogP contribution < -0.4 is 21.4 Å². The van der Waals surface area contributed by atoms with Crippen LogP contribution in [0.2, 0.25) is 0 Å². The van der Waals surface area contributed by atoms with Crippen LogP contribution in [0.4, 0.5) is 11.8 Å². The lowest BCUT2D eigenvalue weighted by atomic mass is 9.73. The Morgan fingerprint density at radius 2 is 1.87 bits per heavy atom. The van der Waals surface area contributed by atoms with Crippen LogP contribution in [-0.4, -0.2) is 47.9 Å². The molecule has 4 N–H and O–H groups in total. The minimum Gasteiger partial charge on any atom is -0.376 e. The summed E-state index contributed by atoms with van der Waals surface area (Å²) in [5.41, 5.74) is 9.61. The van der Waals surface area contributed by atoms with Gasteiger partial charge in [0.05, 0.1) is 12.7 Å². The lowest BCUT2D eigenvalue weighted by molar-refractivity contribution is 0.0974. The summed E-state index contributed by atoms with van der Waals surface area (Å²) in [6, 6.07) is 10.8. The van der Waals surface area contributed by atoms with Gasteiger partial charge in [-0.15, -0.1) is 0 Å². The molecule has 3 aliphatic heterocycles. The van der Waals surface area contributed by atoms with Crippen LogP contribution in [0.25, 0.3) is 0 Å². The third-order valence-corrected chi connectivity index (χ3v) is 8.28. The predicted molar refractivity (Wildman–Crippen MR) is 120 cm³/mol. The van der Waals surface area contributed by atoms with Crippen LogP contribution in [0, 0.1) is 10.8 Å². The summed E-state index contributed by atoms with van der Waals surface area (Å²) in [6.45, 7) is 6.34. The largest absolute Gasteiger partial charge is 0.376 e. The number of ether oxygens (including phenoxy) is 1. The number of nitrogens with two attached hydrogens (primary N) is 1. The van der Waals surface area contributed by atoms with Crippen molar-refractivity contribution >= 4 is 11.8 Å². The average Bonchev–Trinajstić information content (AvgIpc) is 3.38. The van der Waals surface area contributed by atoms with Gasteiger partial charge in [0.2, 0.25) is 5.95 Å². The molecule has 0 radical (unpaired) electrons. The number of aromatic nitrogens is 2. The number of benzene rings is 1. The van der Waals surface area contributed by atoms with Gasteiger partial charge >= 0.3 is 0 Å². The molecule has 0 amide bonds. The highest BCUT2D eigenvalue weighted by Gasteiger charge is 2.52. The molecule has 6 rings (SSSR count). The number of fused-ring (bicyclic) bond motifs is 1. The van der Waals surface area contributed by atoms with E-state index in [1.807, 2.05) is 0 Å². The molecule has 31 heavy (non-hydrogen) atoms. The molecular weight excluding hydrogens is 388 g/mol. The monoisotopic (exact) mass is 420 g/mol. The second kappa shape index (κ2) is 6.81. The number of hydrogen-bond donors (Lipinski definition) is 3. The zero-order valence-corrected chi connectivity index (χ0v) is 18.2. The zero-order valence-electron chi connectivity index (χ0n) is 18.2. The number of hydrogen-bond acceptors (Lipinski definition) is 6. The fourth-order valence-electron chi connectivity index (χ4n) is 6.07. The molecule has 7 heteroatoms. The molecule has 0 unspecified atom stereocenters. The molecule has 2 saturated heterocycles. The lowest BCUT2D eigenvalue weighted by Crippen LogP contribution is -2.51. The van der Waals surface area contributed by atoms with E-state index in [0.717, 1.165) is 75.8 Å². The molecule has 3 fully saturated rings. The third kappa shape index (κ3) is 2.79. The van der Waals surface area contributed by atoms with E-state index in [0.29, 0.717) is 5.49 Å². The van der Waals surface area contributed by atoms with Crippen molar-refractivity contribution in [1.29, 1.82) is 5.41 Å². The predicted octanol–water partition coefficient (Wildman–Crippen LogP) is 2.20. The van der Waals surface area contributed by atoms with Crippen molar-refractivity contribution in [2.24, 2.45) is 11.1 Å². The molecule has 4 heterocycles. The number of nitrogens with zero attached hydrogens (tertiary/aromatic N) is 3. The fraction of sp³-hybridized carbons (Fsp3) is 0.583. The van der Waals surface area contributed by atoms with E-state index in [-0.39, 0.29) is 23.0 Å². The van der Waals surface area contributed by atoms with Crippen molar-refractivity contribution in [3.05, 3.63) is 46.9 Å². The van der Waals surface area contributed by atoms with E-state index < -0.39 is 0 Å². The van der Waals surface area contributed by atoms with Gasteiger partial charge in [0.15, 0.2) is 0 Å². The normalized spacial score (nSPS) is 27.9. The average molecular weight is 421 g/mol. The Kier molecular flexibility index (Phi) is 4.24. The lowest BCUT2D eigenvalue weighted by Gasteiger charge is -2.42. The summed E-state index contributed by atoms with van der Waals surface area (Å²) in [5.74, 6) is 1.84. The summed E-state index contributed by atoms with van der Waals surface area (Å²) in [5, 5.41) is 12.6. The minimum absolute atomic E-state index is 0.0815. The number of rotatable bonds is 3. The maximum atomic E-state index is 9.17. The van der Waals surface area contributed by atoms with Gasteiger partial charge in [0, 0.05) is 48.6 Å². The van der Waals surface area contributed by atoms with Crippen LogP contribution in [0.5, 0.6) is 0 Å². The molecular formula is C24H32N6O. The number of anilines is 2. The Labute approximate surface area is 183 Å². The molecule has 2 aromatic rings. The van der Waals surface area contributed by atoms with Crippen LogP contribution >= 0.6 is 0 Å². The highest BCUT2D eigenvalue weighted by atomic mass is 16.5. The molecule has 0 bridgehead atoms. The number of nitrogens with one attached hydrogen (secondary N) is 2. The van der Waals surface area contributed by atoms with Gasteiger partial charge in [-0.3, -0.25) is 9.98 Å². The summed E-state index contributed by atoms with van der Waals surface area (Å²) in [6.07, 6.45) is 4.33. The van der Waals surface area contributed by atoms with Crippen molar-refractivity contribution in [3.8, 4) is 0 Å². The SMILES string of the molecule is C[C@@H]1OCC2(CCN(c3nc4n(c(=N)c3C3(c5ccccc5)CC3)CCN4)CC2)[C@@H]1N. The third-order valence-electron chi connectivity index (χ3n) is 8.28. The molecule has 1 aliphatic carbocycles. The first-order valence-electron chi connectivity index (χ1n) is 11.7. The summed E-state index contributed by atoms with van der Waals surface area (Å²) in [7, 11) is 0. The first-order chi connectivity index (χ1) is 15.0. The van der Waals surface area contributed by atoms with Gasteiger partial charge in [-0.25, -0.2) is 0 Å². The summed E-state index contributed by atoms with van der Waals surface area (Å²) in [4.78, 5) is 7.53. The first kappa shape index (κ1) is 19.3. The van der Waals surface area contributed by atoms with Crippen molar-refractivity contribution in [2.45, 2.75) is 56.7 Å². The molecule has 1 aromatic heterocycles. The topological polar surface area (TPSA) is 92.2 Å². The molecule has 1 spiro atoms. The van der Waals surface area contributed by atoms with Gasteiger partial charge in [-0.05, 0) is 38.2 Å². The molecule has 4 aliphatic rings. The van der Waals surface area contributed by atoms with Crippen molar-refractivity contribution in [1.82, 2.24) is 9.55 Å². The Morgan fingerprint density at radius 1 is 1.13 bits per heavy atom. The molecule has 164 valence electrons. The van der Waals surface area contributed by atoms with Crippen molar-refractivity contribution in [3.63, 3.8) is 0 Å². The second-order valence-electron chi connectivity index (χ2n) is 9.90. The Bertz CT molecular complexity index is 1050. The molecule has 2 atom stereocenters. The van der Waals surface area contributed by atoms with Crippen LogP contribution in [0.3, 0.4) is 0 Å². The smallest absolute Gasteiger partial charge is 0.206 e. The maximum Gasteiger partial charge on any atom is 0.206 e. The van der Waals surface area contributed by atoms with Crippen molar-refractivity contribution in [2.75, 3.05) is 36.5 Å². The molecule has 1 aromatic carbocycles. The molecule has 7 nitrogen and oxygen atoms in total. The van der Waals surface area contributed by atoms with Gasteiger partial charge in [-0.2, -0.15) is 4.98 Å². The van der Waals surface area contributed by atoms with Gasteiger partial charge < -0.3 is 20.7 Å².